The Kier molecular flexibility index (Phi) is 13.3. The molecule has 0 saturated carbocycles. The number of hydrogen-bond acceptors (Lipinski definition) is 0. The van der Waals surface area contributed by atoms with Crippen molar-refractivity contribution in [2.45, 2.75) is 82.0 Å². The maximum atomic E-state index is 3.92. The smallest absolute Gasteiger partial charge is 0.0141 e. The van der Waals surface area contributed by atoms with Crippen LogP contribution >= 0.6 is 22.6 Å². The summed E-state index contributed by atoms with van der Waals surface area (Å²) < 4.78 is 0.858. The molecule has 0 aliphatic carbocycles. The minimum Gasteiger partial charge on any atom is -0.103 e. The van der Waals surface area contributed by atoms with E-state index in [1.165, 1.54) is 64.2 Å². The molecule has 1 heteroatoms. The van der Waals surface area contributed by atoms with Gasteiger partial charge in [-0.3, -0.25) is 0 Å². The van der Waals surface area contributed by atoms with E-state index in [4.69, 9.17) is 0 Å². The zero-order valence-electron chi connectivity index (χ0n) is 11.9. The van der Waals surface area contributed by atoms with Crippen LogP contribution in [0.5, 0.6) is 0 Å². The minimum atomic E-state index is 0.858. The fraction of sp³-hybridized carbons (Fsp3) is 0.875. The first-order chi connectivity index (χ1) is 8.26. The van der Waals surface area contributed by atoms with Gasteiger partial charge in [0.15, 0.2) is 0 Å². The predicted octanol–water partition coefficient (Wildman–Crippen LogP) is 6.53. The lowest BCUT2D eigenvalue weighted by atomic mass is 9.92. The summed E-state index contributed by atoms with van der Waals surface area (Å²) in [5, 5.41) is 0. The van der Waals surface area contributed by atoms with Crippen molar-refractivity contribution in [2.24, 2.45) is 5.92 Å². The SMILES string of the molecule is C=CCC(CCCCCCC)C(I)CCCC. The molecule has 0 aliphatic rings. The van der Waals surface area contributed by atoms with E-state index in [2.05, 4.69) is 49.1 Å². The molecule has 2 atom stereocenters. The highest BCUT2D eigenvalue weighted by molar-refractivity contribution is 14.1. The first-order valence-corrected chi connectivity index (χ1v) is 8.75. The Morgan fingerprint density at radius 1 is 0.941 bits per heavy atom. The van der Waals surface area contributed by atoms with Crippen LogP contribution < -0.4 is 0 Å². The normalized spacial score (nSPS) is 14.5. The summed E-state index contributed by atoms with van der Waals surface area (Å²) in [6, 6.07) is 0. The van der Waals surface area contributed by atoms with Crippen molar-refractivity contribution < 1.29 is 0 Å². The summed E-state index contributed by atoms with van der Waals surface area (Å²) in [7, 11) is 0. The number of alkyl halides is 1. The number of hydrogen-bond donors (Lipinski definition) is 0. The Morgan fingerprint density at radius 2 is 1.59 bits per heavy atom. The van der Waals surface area contributed by atoms with Gasteiger partial charge in [0.2, 0.25) is 0 Å². The monoisotopic (exact) mass is 350 g/mol. The number of rotatable bonds is 12. The van der Waals surface area contributed by atoms with Crippen LogP contribution in [0.2, 0.25) is 0 Å². The van der Waals surface area contributed by atoms with E-state index in [-0.39, 0.29) is 0 Å². The highest BCUT2D eigenvalue weighted by atomic mass is 127. The van der Waals surface area contributed by atoms with E-state index in [1.807, 2.05) is 0 Å². The maximum absolute atomic E-state index is 3.92. The van der Waals surface area contributed by atoms with Gasteiger partial charge in [0.25, 0.3) is 0 Å². The first-order valence-electron chi connectivity index (χ1n) is 7.51. The lowest BCUT2D eigenvalue weighted by Gasteiger charge is -2.21. The van der Waals surface area contributed by atoms with E-state index in [0.717, 1.165) is 9.84 Å². The quantitative estimate of drug-likeness (QED) is 0.162. The van der Waals surface area contributed by atoms with Gasteiger partial charge >= 0.3 is 0 Å². The molecule has 0 bridgehead atoms. The van der Waals surface area contributed by atoms with Gasteiger partial charge in [-0.2, -0.15) is 0 Å². The van der Waals surface area contributed by atoms with Crippen molar-refractivity contribution in [1.29, 1.82) is 0 Å². The van der Waals surface area contributed by atoms with Crippen molar-refractivity contribution in [3.63, 3.8) is 0 Å². The second-order valence-electron chi connectivity index (χ2n) is 5.15. The zero-order valence-corrected chi connectivity index (χ0v) is 14.0. The van der Waals surface area contributed by atoms with Gasteiger partial charge in [0, 0.05) is 3.92 Å². The summed E-state index contributed by atoms with van der Waals surface area (Å²) >= 11 is 2.67. The lowest BCUT2D eigenvalue weighted by molar-refractivity contribution is 0.432. The molecular formula is C16H31I. The van der Waals surface area contributed by atoms with Gasteiger partial charge in [-0.05, 0) is 25.2 Å². The van der Waals surface area contributed by atoms with Crippen molar-refractivity contribution in [1.82, 2.24) is 0 Å². The largest absolute Gasteiger partial charge is 0.103 e. The van der Waals surface area contributed by atoms with Crippen molar-refractivity contribution >= 4 is 22.6 Å². The minimum absolute atomic E-state index is 0.858. The molecule has 0 aromatic rings. The summed E-state index contributed by atoms with van der Waals surface area (Å²) in [5.41, 5.74) is 0. The summed E-state index contributed by atoms with van der Waals surface area (Å²) in [5.74, 6) is 0.876. The van der Waals surface area contributed by atoms with Crippen LogP contribution in [-0.4, -0.2) is 3.92 Å². The van der Waals surface area contributed by atoms with E-state index < -0.39 is 0 Å². The molecule has 2 unspecified atom stereocenters. The molecule has 0 aromatic heterocycles. The third-order valence-corrected chi connectivity index (χ3v) is 5.13. The highest BCUT2D eigenvalue weighted by Crippen LogP contribution is 2.28. The van der Waals surface area contributed by atoms with Gasteiger partial charge in [0.05, 0.1) is 0 Å². The second-order valence-corrected chi connectivity index (χ2v) is 6.75. The molecule has 0 aliphatic heterocycles. The van der Waals surface area contributed by atoms with Crippen molar-refractivity contribution in [3.8, 4) is 0 Å². The van der Waals surface area contributed by atoms with E-state index in [1.54, 1.807) is 0 Å². The predicted molar refractivity (Wildman–Crippen MR) is 89.0 cm³/mol. The zero-order chi connectivity index (χ0) is 12.9. The lowest BCUT2D eigenvalue weighted by Crippen LogP contribution is -2.13. The molecular weight excluding hydrogens is 319 g/mol. The number of halogens is 1. The summed E-state index contributed by atoms with van der Waals surface area (Å²) in [6.07, 6.45) is 15.9. The number of unbranched alkanes of at least 4 members (excludes halogenated alkanes) is 5. The van der Waals surface area contributed by atoms with Crippen molar-refractivity contribution in [3.05, 3.63) is 12.7 Å². The fourth-order valence-corrected chi connectivity index (χ4v) is 3.40. The van der Waals surface area contributed by atoms with Crippen LogP contribution in [0.15, 0.2) is 12.7 Å². The van der Waals surface area contributed by atoms with Gasteiger partial charge < -0.3 is 0 Å². The molecule has 102 valence electrons. The number of allylic oxidation sites excluding steroid dienone is 1. The summed E-state index contributed by atoms with van der Waals surface area (Å²) in [4.78, 5) is 0. The average molecular weight is 350 g/mol. The van der Waals surface area contributed by atoms with Gasteiger partial charge in [-0.25, -0.2) is 0 Å². The fourth-order valence-electron chi connectivity index (χ4n) is 2.31. The Morgan fingerprint density at radius 3 is 2.18 bits per heavy atom. The molecule has 0 spiro atoms. The van der Waals surface area contributed by atoms with Gasteiger partial charge in [-0.1, -0.05) is 87.5 Å². The van der Waals surface area contributed by atoms with E-state index in [0.29, 0.717) is 0 Å². The van der Waals surface area contributed by atoms with Crippen molar-refractivity contribution in [2.75, 3.05) is 0 Å². The van der Waals surface area contributed by atoms with E-state index >= 15 is 0 Å². The van der Waals surface area contributed by atoms with Crippen LogP contribution in [0.25, 0.3) is 0 Å². The van der Waals surface area contributed by atoms with Gasteiger partial charge in [-0.15, -0.1) is 6.58 Å². The Balaban J connectivity index is 3.75. The molecule has 0 fully saturated rings. The average Bonchev–Trinajstić information content (AvgIpc) is 2.34. The van der Waals surface area contributed by atoms with Crippen LogP contribution in [-0.2, 0) is 0 Å². The second kappa shape index (κ2) is 12.9. The third-order valence-electron chi connectivity index (χ3n) is 3.49. The van der Waals surface area contributed by atoms with Crippen LogP contribution in [0, 0.1) is 5.92 Å². The molecule has 0 N–H and O–H groups in total. The van der Waals surface area contributed by atoms with Crippen LogP contribution in [0.3, 0.4) is 0 Å². The highest BCUT2D eigenvalue weighted by Gasteiger charge is 2.16. The van der Waals surface area contributed by atoms with E-state index in [9.17, 15) is 0 Å². The Labute approximate surface area is 123 Å². The van der Waals surface area contributed by atoms with Crippen LogP contribution in [0.4, 0.5) is 0 Å². The summed E-state index contributed by atoms with van der Waals surface area (Å²) in [6.45, 7) is 8.49. The van der Waals surface area contributed by atoms with Gasteiger partial charge in [0.1, 0.15) is 0 Å². The third kappa shape index (κ3) is 10.1. The topological polar surface area (TPSA) is 0 Å². The first kappa shape index (κ1) is 17.5. The Hall–Kier alpha value is 0.470. The molecule has 17 heavy (non-hydrogen) atoms. The molecule has 0 aromatic carbocycles. The molecule has 0 amide bonds. The molecule has 0 nitrogen and oxygen atoms in total. The molecule has 0 saturated heterocycles. The maximum Gasteiger partial charge on any atom is 0.0141 e. The Bertz CT molecular complexity index is 165. The molecule has 0 heterocycles. The molecule has 0 radical (unpaired) electrons. The van der Waals surface area contributed by atoms with Crippen LogP contribution in [0.1, 0.15) is 78.1 Å². The molecule has 0 rings (SSSR count). The standard InChI is InChI=1S/C16H31I/c1-4-7-9-10-11-13-15(12-6-3)16(17)14-8-5-2/h6,15-16H,3-5,7-14H2,1-2H3.